The van der Waals surface area contributed by atoms with Crippen LogP contribution in [0, 0.1) is 3.57 Å². The van der Waals surface area contributed by atoms with Crippen molar-refractivity contribution in [3.8, 4) is 0 Å². The minimum atomic E-state index is -0.392. The second-order valence-corrected chi connectivity index (χ2v) is 3.56. The zero-order chi connectivity index (χ0) is 9.14. The number of carbonyl (C=O) groups excluding carboxylic acids is 1. The van der Waals surface area contributed by atoms with E-state index in [1.54, 1.807) is 18.2 Å². The molecule has 0 saturated carbocycles. The standard InChI is InChI=1S/C8H8INO2/c1-6(11)10(12)8-4-2-3-7(9)5-8/h2-5,12H,1H3. The van der Waals surface area contributed by atoms with Gasteiger partial charge in [0.25, 0.3) is 0 Å². The summed E-state index contributed by atoms with van der Waals surface area (Å²) in [4.78, 5) is 10.7. The number of amides is 1. The number of halogens is 1. The van der Waals surface area contributed by atoms with E-state index in [0.717, 1.165) is 3.57 Å². The first kappa shape index (κ1) is 9.47. The lowest BCUT2D eigenvalue weighted by Gasteiger charge is -2.11. The number of hydroxylamine groups is 1. The van der Waals surface area contributed by atoms with Crippen molar-refractivity contribution in [2.45, 2.75) is 6.92 Å². The van der Waals surface area contributed by atoms with Gasteiger partial charge < -0.3 is 0 Å². The predicted molar refractivity (Wildman–Crippen MR) is 54.1 cm³/mol. The summed E-state index contributed by atoms with van der Waals surface area (Å²) >= 11 is 2.11. The zero-order valence-electron chi connectivity index (χ0n) is 6.49. The smallest absolute Gasteiger partial charge is 0.247 e. The van der Waals surface area contributed by atoms with Crippen molar-refractivity contribution >= 4 is 34.2 Å². The number of anilines is 1. The molecular weight excluding hydrogens is 269 g/mol. The van der Waals surface area contributed by atoms with Crippen LogP contribution in [0.2, 0.25) is 0 Å². The van der Waals surface area contributed by atoms with Crippen LogP contribution in [0.15, 0.2) is 24.3 Å². The first-order valence-corrected chi connectivity index (χ1v) is 4.44. The normalized spacial score (nSPS) is 9.58. The van der Waals surface area contributed by atoms with Gasteiger partial charge in [-0.1, -0.05) is 6.07 Å². The highest BCUT2D eigenvalue weighted by atomic mass is 127. The molecule has 0 aliphatic rings. The maximum absolute atomic E-state index is 10.7. The third kappa shape index (κ3) is 2.18. The highest BCUT2D eigenvalue weighted by molar-refractivity contribution is 14.1. The van der Waals surface area contributed by atoms with E-state index in [-0.39, 0.29) is 0 Å². The molecule has 1 aromatic carbocycles. The van der Waals surface area contributed by atoms with E-state index in [0.29, 0.717) is 10.8 Å². The van der Waals surface area contributed by atoms with Crippen molar-refractivity contribution in [1.29, 1.82) is 0 Å². The summed E-state index contributed by atoms with van der Waals surface area (Å²) in [6.45, 7) is 1.31. The summed E-state index contributed by atoms with van der Waals surface area (Å²) in [6.07, 6.45) is 0. The lowest BCUT2D eigenvalue weighted by Crippen LogP contribution is -2.23. The van der Waals surface area contributed by atoms with Crippen LogP contribution in [0.25, 0.3) is 0 Å². The van der Waals surface area contributed by atoms with E-state index in [1.165, 1.54) is 6.92 Å². The summed E-state index contributed by atoms with van der Waals surface area (Å²) in [5.74, 6) is -0.392. The molecule has 0 heterocycles. The fourth-order valence-electron chi connectivity index (χ4n) is 0.790. The third-order valence-electron chi connectivity index (χ3n) is 1.35. The van der Waals surface area contributed by atoms with Crippen LogP contribution in [0.5, 0.6) is 0 Å². The highest BCUT2D eigenvalue weighted by Crippen LogP contribution is 2.15. The molecule has 0 aliphatic carbocycles. The molecule has 12 heavy (non-hydrogen) atoms. The molecule has 1 N–H and O–H groups in total. The van der Waals surface area contributed by atoms with Crippen LogP contribution < -0.4 is 5.06 Å². The maximum Gasteiger partial charge on any atom is 0.247 e. The molecule has 0 aliphatic heterocycles. The number of nitrogens with zero attached hydrogens (tertiary/aromatic N) is 1. The molecule has 0 spiro atoms. The van der Waals surface area contributed by atoms with Crippen LogP contribution >= 0.6 is 22.6 Å². The summed E-state index contributed by atoms with van der Waals surface area (Å²) in [6, 6.07) is 7.06. The Hall–Kier alpha value is -0.620. The number of rotatable bonds is 1. The number of hydrogen-bond acceptors (Lipinski definition) is 2. The molecule has 1 amide bonds. The first-order chi connectivity index (χ1) is 5.61. The Bertz CT molecular complexity index is 301. The molecule has 4 heteroatoms. The molecule has 0 bridgehead atoms. The molecule has 0 unspecified atom stereocenters. The number of carbonyl (C=O) groups is 1. The molecule has 0 atom stereocenters. The van der Waals surface area contributed by atoms with Gasteiger partial charge in [0.15, 0.2) is 0 Å². The van der Waals surface area contributed by atoms with Gasteiger partial charge in [-0.25, -0.2) is 0 Å². The van der Waals surface area contributed by atoms with Gasteiger partial charge in [-0.15, -0.1) is 0 Å². The Morgan fingerprint density at radius 2 is 2.25 bits per heavy atom. The first-order valence-electron chi connectivity index (χ1n) is 3.36. The van der Waals surface area contributed by atoms with Gasteiger partial charge in [0.05, 0.1) is 5.69 Å². The lowest BCUT2D eigenvalue weighted by atomic mass is 10.3. The quantitative estimate of drug-likeness (QED) is 0.485. The van der Waals surface area contributed by atoms with Gasteiger partial charge in [-0.05, 0) is 40.8 Å². The second kappa shape index (κ2) is 3.86. The van der Waals surface area contributed by atoms with Gasteiger partial charge in [0.2, 0.25) is 5.91 Å². The van der Waals surface area contributed by atoms with E-state index in [4.69, 9.17) is 0 Å². The number of benzene rings is 1. The topological polar surface area (TPSA) is 40.5 Å². The SMILES string of the molecule is CC(=O)N(O)c1cccc(I)c1. The van der Waals surface area contributed by atoms with Crippen LogP contribution in [0.4, 0.5) is 5.69 Å². The molecule has 1 rings (SSSR count). The molecule has 0 radical (unpaired) electrons. The largest absolute Gasteiger partial charge is 0.281 e. The Morgan fingerprint density at radius 3 is 2.75 bits per heavy atom. The maximum atomic E-state index is 10.7. The minimum absolute atomic E-state index is 0.392. The van der Waals surface area contributed by atoms with Crippen LogP contribution in [-0.2, 0) is 4.79 Å². The molecule has 0 saturated heterocycles. The lowest BCUT2D eigenvalue weighted by molar-refractivity contribution is -0.121. The van der Waals surface area contributed by atoms with E-state index in [9.17, 15) is 10.0 Å². The van der Waals surface area contributed by atoms with E-state index in [2.05, 4.69) is 22.6 Å². The summed E-state index contributed by atoms with van der Waals surface area (Å²) in [5.41, 5.74) is 0.495. The van der Waals surface area contributed by atoms with Crippen molar-refractivity contribution in [2.75, 3.05) is 5.06 Å². The zero-order valence-corrected chi connectivity index (χ0v) is 8.65. The fourth-order valence-corrected chi connectivity index (χ4v) is 1.32. The van der Waals surface area contributed by atoms with E-state index in [1.807, 2.05) is 6.07 Å². The average Bonchev–Trinajstić information content (AvgIpc) is 2.03. The Morgan fingerprint density at radius 1 is 1.58 bits per heavy atom. The van der Waals surface area contributed by atoms with Gasteiger partial charge in [0.1, 0.15) is 0 Å². The molecule has 64 valence electrons. The van der Waals surface area contributed by atoms with Gasteiger partial charge >= 0.3 is 0 Å². The molecule has 3 nitrogen and oxygen atoms in total. The summed E-state index contributed by atoms with van der Waals surface area (Å²) in [5, 5.41) is 9.83. The van der Waals surface area contributed by atoms with Crippen molar-refractivity contribution < 1.29 is 10.0 Å². The summed E-state index contributed by atoms with van der Waals surface area (Å²) < 4.78 is 0.977. The average molecular weight is 277 g/mol. The van der Waals surface area contributed by atoms with Crippen molar-refractivity contribution in [1.82, 2.24) is 0 Å². The Balaban J connectivity index is 2.95. The third-order valence-corrected chi connectivity index (χ3v) is 2.02. The van der Waals surface area contributed by atoms with Gasteiger partial charge in [0, 0.05) is 10.5 Å². The van der Waals surface area contributed by atoms with Crippen molar-refractivity contribution in [3.05, 3.63) is 27.8 Å². The second-order valence-electron chi connectivity index (χ2n) is 2.31. The minimum Gasteiger partial charge on any atom is -0.281 e. The monoisotopic (exact) mass is 277 g/mol. The van der Waals surface area contributed by atoms with Crippen LogP contribution in [0.1, 0.15) is 6.92 Å². The van der Waals surface area contributed by atoms with E-state index >= 15 is 0 Å². The van der Waals surface area contributed by atoms with Gasteiger partial charge in [-0.2, -0.15) is 5.06 Å². The predicted octanol–water partition coefficient (Wildman–Crippen LogP) is 2.03. The van der Waals surface area contributed by atoms with Crippen molar-refractivity contribution in [2.24, 2.45) is 0 Å². The molecular formula is C8H8INO2. The fraction of sp³-hybridized carbons (Fsp3) is 0.125. The molecule has 0 aromatic heterocycles. The Labute approximate surface area is 84.1 Å². The van der Waals surface area contributed by atoms with Crippen LogP contribution in [-0.4, -0.2) is 11.1 Å². The molecule has 0 fully saturated rings. The Kier molecular flexibility index (Phi) is 3.05. The summed E-state index contributed by atoms with van der Waals surface area (Å²) in [7, 11) is 0. The highest BCUT2D eigenvalue weighted by Gasteiger charge is 2.06. The van der Waals surface area contributed by atoms with Crippen molar-refractivity contribution in [3.63, 3.8) is 0 Å². The molecule has 1 aromatic rings. The van der Waals surface area contributed by atoms with Gasteiger partial charge in [-0.3, -0.25) is 10.0 Å². The van der Waals surface area contributed by atoms with E-state index < -0.39 is 5.91 Å². The number of hydrogen-bond donors (Lipinski definition) is 1. The van der Waals surface area contributed by atoms with Crippen LogP contribution in [0.3, 0.4) is 0 Å².